The largest absolute Gasteiger partial charge is 0.478 e. The maximum Gasteiger partial charge on any atom is 0.336 e. The lowest BCUT2D eigenvalue weighted by Crippen LogP contribution is -2.15. The van der Waals surface area contributed by atoms with E-state index in [-0.39, 0.29) is 16.3 Å². The van der Waals surface area contributed by atoms with Crippen molar-refractivity contribution in [2.24, 2.45) is 0 Å². The van der Waals surface area contributed by atoms with Crippen LogP contribution >= 0.6 is 15.9 Å². The van der Waals surface area contributed by atoms with Gasteiger partial charge < -0.3 is 5.11 Å². The summed E-state index contributed by atoms with van der Waals surface area (Å²) in [5.74, 6) is -1.03. The molecule has 0 atom stereocenters. The number of nitrogens with one attached hydrogen (secondary N) is 1. The molecule has 2 rings (SSSR count). The van der Waals surface area contributed by atoms with Crippen LogP contribution in [0, 0.1) is 6.92 Å². The van der Waals surface area contributed by atoms with E-state index in [9.17, 15) is 13.2 Å². The molecular formula is C13H11BrN2O4S. The van der Waals surface area contributed by atoms with E-state index in [4.69, 9.17) is 5.11 Å². The van der Waals surface area contributed by atoms with E-state index in [2.05, 4.69) is 25.6 Å². The predicted octanol–water partition coefficient (Wildman–Crippen LogP) is 2.65. The van der Waals surface area contributed by atoms with E-state index in [0.717, 1.165) is 6.07 Å². The summed E-state index contributed by atoms with van der Waals surface area (Å²) in [5.41, 5.74) is 0.380. The minimum atomic E-state index is -3.91. The lowest BCUT2D eigenvalue weighted by atomic mass is 10.1. The van der Waals surface area contributed by atoms with Crippen LogP contribution in [-0.2, 0) is 10.0 Å². The molecule has 2 N–H and O–H groups in total. The van der Waals surface area contributed by atoms with E-state index in [1.54, 1.807) is 19.1 Å². The number of carbonyl (C=O) groups is 1. The van der Waals surface area contributed by atoms with Gasteiger partial charge in [0, 0.05) is 10.7 Å². The zero-order valence-electron chi connectivity index (χ0n) is 10.9. The molecule has 2 aromatic rings. The molecule has 6 nitrogen and oxygen atoms in total. The van der Waals surface area contributed by atoms with Crippen molar-refractivity contribution in [2.75, 3.05) is 4.72 Å². The van der Waals surface area contributed by atoms with Crippen LogP contribution < -0.4 is 4.72 Å². The standard InChI is InChI=1S/C13H11BrN2O4S/c1-8-10(13(17)18)6-9(7-11(8)14)21(19,20)16-12-4-2-3-5-15-12/h2-7H,1H3,(H,15,16)(H,17,18). The molecule has 0 saturated heterocycles. The smallest absolute Gasteiger partial charge is 0.336 e. The van der Waals surface area contributed by atoms with E-state index in [1.807, 2.05) is 0 Å². The van der Waals surface area contributed by atoms with Crippen molar-refractivity contribution in [3.05, 3.63) is 52.1 Å². The van der Waals surface area contributed by atoms with Crippen molar-refractivity contribution in [3.8, 4) is 0 Å². The van der Waals surface area contributed by atoms with E-state index < -0.39 is 16.0 Å². The normalized spacial score (nSPS) is 11.1. The second kappa shape index (κ2) is 5.82. The number of benzene rings is 1. The molecule has 0 fully saturated rings. The van der Waals surface area contributed by atoms with Gasteiger partial charge in [-0.25, -0.2) is 18.2 Å². The number of rotatable bonds is 4. The predicted molar refractivity (Wildman–Crippen MR) is 80.9 cm³/mol. The third-order valence-corrected chi connectivity index (χ3v) is 4.92. The molecule has 0 radical (unpaired) electrons. The third kappa shape index (κ3) is 3.40. The van der Waals surface area contributed by atoms with Gasteiger partial charge in [-0.3, -0.25) is 4.72 Å². The van der Waals surface area contributed by atoms with Gasteiger partial charge >= 0.3 is 5.97 Å². The van der Waals surface area contributed by atoms with Crippen molar-refractivity contribution in [1.29, 1.82) is 0 Å². The van der Waals surface area contributed by atoms with Crippen molar-refractivity contribution in [3.63, 3.8) is 0 Å². The maximum absolute atomic E-state index is 12.3. The number of anilines is 1. The lowest BCUT2D eigenvalue weighted by molar-refractivity contribution is 0.0695. The summed E-state index contributed by atoms with van der Waals surface area (Å²) in [7, 11) is -3.91. The number of halogens is 1. The minimum absolute atomic E-state index is 0.0780. The van der Waals surface area contributed by atoms with Crippen LogP contribution in [0.4, 0.5) is 5.82 Å². The molecule has 0 saturated carbocycles. The third-order valence-electron chi connectivity index (χ3n) is 2.76. The Morgan fingerprint density at radius 1 is 1.33 bits per heavy atom. The first-order valence-corrected chi connectivity index (χ1v) is 8.06. The zero-order valence-corrected chi connectivity index (χ0v) is 13.3. The van der Waals surface area contributed by atoms with Gasteiger partial charge in [0.25, 0.3) is 10.0 Å². The monoisotopic (exact) mass is 370 g/mol. The molecule has 1 aromatic carbocycles. The second-order valence-corrected chi connectivity index (χ2v) is 6.74. The number of aromatic carboxylic acids is 1. The van der Waals surface area contributed by atoms with Gasteiger partial charge in [-0.05, 0) is 36.8 Å². The van der Waals surface area contributed by atoms with Crippen LogP contribution in [0.2, 0.25) is 0 Å². The number of hydrogen-bond acceptors (Lipinski definition) is 4. The number of hydrogen-bond donors (Lipinski definition) is 2. The summed E-state index contributed by atoms with van der Waals surface area (Å²) in [6, 6.07) is 7.26. The van der Waals surface area contributed by atoms with Crippen LogP contribution in [0.5, 0.6) is 0 Å². The highest BCUT2D eigenvalue weighted by Crippen LogP contribution is 2.26. The molecule has 8 heteroatoms. The highest BCUT2D eigenvalue weighted by Gasteiger charge is 2.20. The van der Waals surface area contributed by atoms with Crippen LogP contribution in [0.1, 0.15) is 15.9 Å². The Hall–Kier alpha value is -1.93. The van der Waals surface area contributed by atoms with Crippen molar-refractivity contribution < 1.29 is 18.3 Å². The molecule has 1 aromatic heterocycles. The van der Waals surface area contributed by atoms with Gasteiger partial charge in [0.15, 0.2) is 0 Å². The number of nitrogens with zero attached hydrogens (tertiary/aromatic N) is 1. The maximum atomic E-state index is 12.3. The van der Waals surface area contributed by atoms with Gasteiger partial charge in [-0.2, -0.15) is 0 Å². The number of sulfonamides is 1. The second-order valence-electron chi connectivity index (χ2n) is 4.20. The molecular weight excluding hydrogens is 360 g/mol. The first kappa shape index (κ1) is 15.5. The van der Waals surface area contributed by atoms with E-state index in [0.29, 0.717) is 10.0 Å². The zero-order chi connectivity index (χ0) is 15.6. The Bertz CT molecular complexity index is 791. The topological polar surface area (TPSA) is 96.4 Å². The molecule has 0 amide bonds. The van der Waals surface area contributed by atoms with Gasteiger partial charge in [-0.1, -0.05) is 22.0 Å². The van der Waals surface area contributed by atoms with Crippen molar-refractivity contribution in [1.82, 2.24) is 4.98 Å². The van der Waals surface area contributed by atoms with Crippen LogP contribution in [-0.4, -0.2) is 24.5 Å². The van der Waals surface area contributed by atoms with Gasteiger partial charge in [0.2, 0.25) is 0 Å². The van der Waals surface area contributed by atoms with Crippen LogP contribution in [0.15, 0.2) is 45.9 Å². The Labute approximate surface area is 130 Å². The highest BCUT2D eigenvalue weighted by atomic mass is 79.9. The Kier molecular flexibility index (Phi) is 4.29. The molecule has 0 bridgehead atoms. The molecule has 0 unspecified atom stereocenters. The summed E-state index contributed by atoms with van der Waals surface area (Å²) in [6.45, 7) is 1.59. The first-order valence-electron chi connectivity index (χ1n) is 5.78. The van der Waals surface area contributed by atoms with E-state index >= 15 is 0 Å². The fourth-order valence-electron chi connectivity index (χ4n) is 1.65. The molecule has 21 heavy (non-hydrogen) atoms. The number of aromatic nitrogens is 1. The van der Waals surface area contributed by atoms with Gasteiger partial charge in [-0.15, -0.1) is 0 Å². The average Bonchev–Trinajstić information content (AvgIpc) is 2.41. The van der Waals surface area contributed by atoms with E-state index in [1.165, 1.54) is 18.3 Å². The number of carboxylic acid groups (broad SMARTS) is 1. The van der Waals surface area contributed by atoms with Crippen LogP contribution in [0.25, 0.3) is 0 Å². The summed E-state index contributed by atoms with van der Waals surface area (Å²) in [4.78, 5) is 14.9. The summed E-state index contributed by atoms with van der Waals surface area (Å²) >= 11 is 3.17. The molecule has 0 spiro atoms. The quantitative estimate of drug-likeness (QED) is 0.862. The summed E-state index contributed by atoms with van der Waals surface area (Å²) < 4.78 is 27.3. The highest BCUT2D eigenvalue weighted by molar-refractivity contribution is 9.10. The van der Waals surface area contributed by atoms with Gasteiger partial charge in [0.1, 0.15) is 5.82 Å². The molecule has 0 aliphatic heterocycles. The number of pyridine rings is 1. The summed E-state index contributed by atoms with van der Waals surface area (Å²) in [6.07, 6.45) is 1.45. The van der Waals surface area contributed by atoms with Crippen LogP contribution in [0.3, 0.4) is 0 Å². The molecule has 110 valence electrons. The average molecular weight is 371 g/mol. The Morgan fingerprint density at radius 3 is 2.62 bits per heavy atom. The van der Waals surface area contributed by atoms with Gasteiger partial charge in [0.05, 0.1) is 10.5 Å². The fourth-order valence-corrected chi connectivity index (χ4v) is 3.32. The summed E-state index contributed by atoms with van der Waals surface area (Å²) in [5, 5.41) is 9.12. The SMILES string of the molecule is Cc1c(Br)cc(S(=O)(=O)Nc2ccccn2)cc1C(=O)O. The van der Waals surface area contributed by atoms with Crippen molar-refractivity contribution >= 4 is 37.7 Å². The fraction of sp³-hybridized carbons (Fsp3) is 0.0769. The molecule has 0 aliphatic rings. The minimum Gasteiger partial charge on any atom is -0.478 e. The molecule has 0 aliphatic carbocycles. The first-order chi connectivity index (χ1) is 9.81. The van der Waals surface area contributed by atoms with Crippen molar-refractivity contribution in [2.45, 2.75) is 11.8 Å². The Morgan fingerprint density at radius 2 is 2.05 bits per heavy atom. The molecule has 1 heterocycles. The number of carboxylic acids is 1. The lowest BCUT2D eigenvalue weighted by Gasteiger charge is -2.10. The Balaban J connectivity index is 2.48.